The van der Waals surface area contributed by atoms with Crippen molar-refractivity contribution in [1.82, 2.24) is 4.90 Å². The number of hydrogen-bond donors (Lipinski definition) is 0. The average molecular weight is 305 g/mol. The van der Waals surface area contributed by atoms with Crippen molar-refractivity contribution in [1.29, 1.82) is 0 Å². The van der Waals surface area contributed by atoms with E-state index in [4.69, 9.17) is 4.74 Å². The number of ether oxygens (including phenoxy) is 1. The molecule has 1 heterocycles. The molecule has 1 fully saturated rings. The van der Waals surface area contributed by atoms with Gasteiger partial charge in [-0.25, -0.2) is 9.69 Å². The van der Waals surface area contributed by atoms with Gasteiger partial charge in [0.05, 0.1) is 0 Å². The molecule has 120 valence electrons. The number of hydrogen-bond acceptors (Lipinski definition) is 4. The molecule has 0 spiro atoms. The van der Waals surface area contributed by atoms with Crippen molar-refractivity contribution in [2.24, 2.45) is 17.3 Å². The second-order valence-corrected chi connectivity index (χ2v) is 7.20. The van der Waals surface area contributed by atoms with Gasteiger partial charge in [-0.1, -0.05) is 19.1 Å². The van der Waals surface area contributed by atoms with Crippen molar-refractivity contribution < 1.29 is 19.1 Å². The van der Waals surface area contributed by atoms with Crippen LogP contribution in [0.2, 0.25) is 0 Å². The van der Waals surface area contributed by atoms with Crippen LogP contribution in [0.15, 0.2) is 24.3 Å². The van der Waals surface area contributed by atoms with E-state index < -0.39 is 17.1 Å². The van der Waals surface area contributed by atoms with Crippen molar-refractivity contribution in [3.8, 4) is 0 Å². The summed E-state index contributed by atoms with van der Waals surface area (Å²) in [4.78, 5) is 37.5. The first kappa shape index (κ1) is 16.5. The fraction of sp³-hybridized carbons (Fsp3) is 0.588. The van der Waals surface area contributed by atoms with E-state index in [1.165, 1.54) is 0 Å². The molecule has 0 radical (unpaired) electrons. The molecule has 22 heavy (non-hydrogen) atoms. The number of fused-ring (bicyclic) bond motifs is 1. The van der Waals surface area contributed by atoms with Crippen molar-refractivity contribution in [2.75, 3.05) is 6.54 Å². The summed E-state index contributed by atoms with van der Waals surface area (Å²) < 4.78 is 5.30. The fourth-order valence-electron chi connectivity index (χ4n) is 3.31. The maximum atomic E-state index is 12.5. The maximum Gasteiger partial charge on any atom is 0.417 e. The summed E-state index contributed by atoms with van der Waals surface area (Å²) in [7, 11) is 0. The topological polar surface area (TPSA) is 63.7 Å². The molecule has 0 N–H and O–H groups in total. The predicted molar refractivity (Wildman–Crippen MR) is 82.0 cm³/mol. The highest BCUT2D eigenvalue weighted by Crippen LogP contribution is 2.49. The Morgan fingerprint density at radius 1 is 1.50 bits per heavy atom. The van der Waals surface area contributed by atoms with Crippen molar-refractivity contribution in [3.63, 3.8) is 0 Å². The summed E-state index contributed by atoms with van der Waals surface area (Å²) in [5.41, 5.74) is -0.811. The molecule has 1 unspecified atom stereocenters. The largest absolute Gasteiger partial charge is 0.443 e. The van der Waals surface area contributed by atoms with Crippen LogP contribution in [0.1, 0.15) is 34.1 Å². The van der Waals surface area contributed by atoms with Crippen LogP contribution in [0.4, 0.5) is 4.79 Å². The number of amides is 2. The Labute approximate surface area is 131 Å². The lowest BCUT2D eigenvalue weighted by molar-refractivity contribution is -0.124. The summed E-state index contributed by atoms with van der Waals surface area (Å²) in [6.07, 6.45) is 4.39. The zero-order valence-corrected chi connectivity index (χ0v) is 13.6. The highest BCUT2D eigenvalue weighted by atomic mass is 16.6. The molecule has 1 aliphatic heterocycles. The second-order valence-electron chi connectivity index (χ2n) is 7.20. The third kappa shape index (κ3) is 2.60. The number of rotatable bonds is 2. The van der Waals surface area contributed by atoms with E-state index in [1.54, 1.807) is 26.8 Å². The van der Waals surface area contributed by atoms with Crippen molar-refractivity contribution >= 4 is 18.3 Å². The van der Waals surface area contributed by atoms with E-state index in [0.717, 1.165) is 11.2 Å². The summed E-state index contributed by atoms with van der Waals surface area (Å²) in [6.45, 7) is 11.0. The minimum atomic E-state index is -0.674. The SMILES string of the molecule is C=C[C@H]1CC=C2C(=O)N(C(=O)OC(C)(C)C)C[C@]2(C)C1C=O. The summed E-state index contributed by atoms with van der Waals surface area (Å²) in [5.74, 6) is -0.731. The van der Waals surface area contributed by atoms with Crippen molar-refractivity contribution in [3.05, 3.63) is 24.3 Å². The van der Waals surface area contributed by atoms with Crippen molar-refractivity contribution in [2.45, 2.75) is 39.7 Å². The quantitative estimate of drug-likeness (QED) is 0.581. The van der Waals surface area contributed by atoms with Gasteiger partial charge in [0.25, 0.3) is 5.91 Å². The smallest absolute Gasteiger partial charge is 0.417 e. The maximum absolute atomic E-state index is 12.5. The van der Waals surface area contributed by atoms with E-state index in [0.29, 0.717) is 12.0 Å². The van der Waals surface area contributed by atoms with Gasteiger partial charge in [0.1, 0.15) is 11.9 Å². The number of aldehydes is 1. The number of carbonyl (C=O) groups is 3. The standard InChI is InChI=1S/C17H23NO4/c1-6-11-7-8-12-14(20)18(15(21)22-16(2,3)4)10-17(12,5)13(11)9-19/h6,8-9,11,13H,1,7,10H2,2-5H3/t11-,13?,17-/m0/s1. The summed E-state index contributed by atoms with van der Waals surface area (Å²) in [5, 5.41) is 0. The normalized spacial score (nSPS) is 31.4. The lowest BCUT2D eigenvalue weighted by Gasteiger charge is -2.37. The summed E-state index contributed by atoms with van der Waals surface area (Å²) >= 11 is 0. The second kappa shape index (κ2) is 5.38. The van der Waals surface area contributed by atoms with E-state index in [2.05, 4.69) is 6.58 Å². The number of allylic oxidation sites excluding steroid dienone is 2. The first-order chi connectivity index (χ1) is 10.1. The molecule has 1 saturated heterocycles. The highest BCUT2D eigenvalue weighted by Gasteiger charge is 2.55. The van der Waals surface area contributed by atoms with Gasteiger partial charge in [-0.05, 0) is 33.1 Å². The van der Waals surface area contributed by atoms with Crippen LogP contribution in [0.25, 0.3) is 0 Å². The monoisotopic (exact) mass is 305 g/mol. The molecule has 0 bridgehead atoms. The first-order valence-corrected chi connectivity index (χ1v) is 7.47. The van der Waals surface area contributed by atoms with Crippen LogP contribution in [0.3, 0.4) is 0 Å². The molecule has 3 atom stereocenters. The molecule has 5 heteroatoms. The van der Waals surface area contributed by atoms with Gasteiger partial charge in [0.2, 0.25) is 0 Å². The van der Waals surface area contributed by atoms with Crippen LogP contribution in [0, 0.1) is 17.3 Å². The Hall–Kier alpha value is -1.91. The number of likely N-dealkylation sites (tertiary alicyclic amines) is 1. The van der Waals surface area contributed by atoms with Gasteiger partial charge in [-0.15, -0.1) is 6.58 Å². The van der Waals surface area contributed by atoms with E-state index in [1.807, 2.05) is 13.0 Å². The first-order valence-electron chi connectivity index (χ1n) is 7.47. The lowest BCUT2D eigenvalue weighted by Crippen LogP contribution is -2.41. The molecule has 2 amide bonds. The molecular weight excluding hydrogens is 282 g/mol. The third-order valence-corrected chi connectivity index (χ3v) is 4.43. The Morgan fingerprint density at radius 2 is 2.14 bits per heavy atom. The van der Waals surface area contributed by atoms with Crippen LogP contribution in [-0.2, 0) is 14.3 Å². The van der Waals surface area contributed by atoms with Gasteiger partial charge in [-0.3, -0.25) is 4.79 Å². The number of carbonyl (C=O) groups excluding carboxylic acids is 3. The van der Waals surface area contributed by atoms with E-state index >= 15 is 0 Å². The molecule has 0 aromatic rings. The van der Waals surface area contributed by atoms with Gasteiger partial charge in [-0.2, -0.15) is 0 Å². The highest BCUT2D eigenvalue weighted by molar-refractivity contribution is 6.06. The zero-order chi connectivity index (χ0) is 16.7. The Bertz CT molecular complexity index is 557. The Balaban J connectivity index is 2.33. The molecule has 0 aromatic heterocycles. The number of nitrogens with zero attached hydrogens (tertiary/aromatic N) is 1. The molecular formula is C17H23NO4. The Morgan fingerprint density at radius 3 is 2.64 bits per heavy atom. The van der Waals surface area contributed by atoms with Gasteiger partial charge in [0, 0.05) is 23.5 Å². The zero-order valence-electron chi connectivity index (χ0n) is 13.6. The average Bonchev–Trinajstić information content (AvgIpc) is 2.67. The lowest BCUT2D eigenvalue weighted by atomic mass is 9.64. The minimum absolute atomic E-state index is 0.0161. The predicted octanol–water partition coefficient (Wildman–Crippen LogP) is 2.72. The number of imide groups is 1. The molecule has 2 aliphatic rings. The van der Waals surface area contributed by atoms with E-state index in [-0.39, 0.29) is 24.3 Å². The van der Waals surface area contributed by atoms with Gasteiger partial charge < -0.3 is 9.53 Å². The molecule has 5 nitrogen and oxygen atoms in total. The molecule has 2 rings (SSSR count). The molecule has 0 aromatic carbocycles. The van der Waals surface area contributed by atoms with Gasteiger partial charge in [0.15, 0.2) is 0 Å². The van der Waals surface area contributed by atoms with Crippen LogP contribution in [0.5, 0.6) is 0 Å². The Kier molecular flexibility index (Phi) is 4.02. The van der Waals surface area contributed by atoms with Crippen LogP contribution >= 0.6 is 0 Å². The van der Waals surface area contributed by atoms with Crippen LogP contribution in [-0.4, -0.2) is 35.3 Å². The minimum Gasteiger partial charge on any atom is -0.443 e. The third-order valence-electron chi connectivity index (χ3n) is 4.43. The van der Waals surface area contributed by atoms with E-state index in [9.17, 15) is 14.4 Å². The summed E-state index contributed by atoms with van der Waals surface area (Å²) in [6, 6.07) is 0. The fourth-order valence-corrected chi connectivity index (χ4v) is 3.31. The van der Waals surface area contributed by atoms with Gasteiger partial charge >= 0.3 is 6.09 Å². The molecule has 1 aliphatic carbocycles. The van der Waals surface area contributed by atoms with Crippen LogP contribution < -0.4 is 0 Å². The molecule has 0 saturated carbocycles.